The Labute approximate surface area is 158 Å². The summed E-state index contributed by atoms with van der Waals surface area (Å²) in [6, 6.07) is 7.91. The number of para-hydroxylation sites is 1. The van der Waals surface area contributed by atoms with E-state index < -0.39 is 0 Å². The molecule has 22 heavy (non-hydrogen) atoms. The first-order valence-electron chi connectivity index (χ1n) is 7.65. The molecule has 0 spiro atoms. The van der Waals surface area contributed by atoms with Crippen LogP contribution in [0, 0.1) is 0 Å². The molecule has 1 aromatic carbocycles. The minimum Gasteiger partial charge on any atom is -0.488 e. The molecule has 1 N–H and O–H groups in total. The van der Waals surface area contributed by atoms with Crippen molar-refractivity contribution < 1.29 is 4.74 Å². The molecule has 124 valence electrons. The van der Waals surface area contributed by atoms with Gasteiger partial charge >= 0.3 is 0 Å². The second-order valence-electron chi connectivity index (χ2n) is 5.25. The van der Waals surface area contributed by atoms with Crippen LogP contribution in [0.25, 0.3) is 0 Å². The maximum absolute atomic E-state index is 5.94. The number of ether oxygens (including phenoxy) is 1. The van der Waals surface area contributed by atoms with Gasteiger partial charge in [-0.25, -0.2) is 4.99 Å². The monoisotopic (exact) mass is 481 g/mol. The van der Waals surface area contributed by atoms with E-state index in [1.807, 2.05) is 24.3 Å². The number of benzene rings is 1. The molecule has 0 amide bonds. The number of halogens is 2. The molecule has 1 saturated heterocycles. The fourth-order valence-electron chi connectivity index (χ4n) is 2.36. The summed E-state index contributed by atoms with van der Waals surface area (Å²) in [5.41, 5.74) is 0. The molecule has 1 aliphatic heterocycles. The van der Waals surface area contributed by atoms with Crippen molar-refractivity contribution in [3.05, 3.63) is 28.7 Å². The topological polar surface area (TPSA) is 36.9 Å². The molecule has 1 heterocycles. The lowest BCUT2D eigenvalue weighted by Crippen LogP contribution is -2.40. The van der Waals surface area contributed by atoms with Crippen LogP contribution in [0.3, 0.4) is 0 Å². The predicted octanol–water partition coefficient (Wildman–Crippen LogP) is 3.90. The highest BCUT2D eigenvalue weighted by molar-refractivity contribution is 14.0. The molecule has 0 bridgehead atoms. The van der Waals surface area contributed by atoms with Gasteiger partial charge in [-0.1, -0.05) is 12.1 Å². The van der Waals surface area contributed by atoms with Gasteiger partial charge in [0, 0.05) is 19.6 Å². The molecule has 1 aliphatic rings. The van der Waals surface area contributed by atoms with Crippen LogP contribution >= 0.6 is 39.9 Å². The largest absolute Gasteiger partial charge is 0.488 e. The molecular weight excluding hydrogens is 457 g/mol. The molecule has 1 fully saturated rings. The van der Waals surface area contributed by atoms with E-state index in [4.69, 9.17) is 9.73 Å². The van der Waals surface area contributed by atoms with Crippen molar-refractivity contribution in [1.29, 1.82) is 0 Å². The summed E-state index contributed by atoms with van der Waals surface area (Å²) >= 11 is 3.50. The Morgan fingerprint density at radius 2 is 2.05 bits per heavy atom. The molecule has 2 rings (SSSR count). The summed E-state index contributed by atoms with van der Waals surface area (Å²) in [5.74, 6) is 1.88. The Morgan fingerprint density at radius 3 is 2.68 bits per heavy atom. The predicted molar refractivity (Wildman–Crippen MR) is 106 cm³/mol. The number of nitrogens with zero attached hydrogens (tertiary/aromatic N) is 2. The van der Waals surface area contributed by atoms with Gasteiger partial charge in [-0.2, -0.15) is 0 Å². The van der Waals surface area contributed by atoms with E-state index in [9.17, 15) is 0 Å². The van der Waals surface area contributed by atoms with Crippen LogP contribution in [0.1, 0.15) is 26.7 Å². The van der Waals surface area contributed by atoms with Crippen molar-refractivity contribution in [3.63, 3.8) is 0 Å². The zero-order valence-electron chi connectivity index (χ0n) is 13.2. The molecule has 6 heteroatoms. The Hall–Kier alpha value is -0.500. The number of guanidine groups is 1. The number of aliphatic imine (C=N–C) groups is 1. The average molecular weight is 482 g/mol. The van der Waals surface area contributed by atoms with Crippen molar-refractivity contribution in [2.45, 2.75) is 32.8 Å². The Morgan fingerprint density at radius 1 is 1.36 bits per heavy atom. The molecular formula is C16H25BrIN3O. The van der Waals surface area contributed by atoms with E-state index in [1.54, 1.807) is 0 Å². The van der Waals surface area contributed by atoms with Crippen LogP contribution < -0.4 is 10.1 Å². The van der Waals surface area contributed by atoms with E-state index in [2.05, 4.69) is 40.0 Å². The van der Waals surface area contributed by atoms with Gasteiger partial charge in [0.15, 0.2) is 5.96 Å². The molecule has 1 atom stereocenters. The highest BCUT2D eigenvalue weighted by Crippen LogP contribution is 2.24. The van der Waals surface area contributed by atoms with E-state index in [0.29, 0.717) is 6.54 Å². The maximum atomic E-state index is 5.94. The van der Waals surface area contributed by atoms with Gasteiger partial charge in [-0.3, -0.25) is 0 Å². The van der Waals surface area contributed by atoms with Gasteiger partial charge in [0.05, 0.1) is 11.0 Å². The highest BCUT2D eigenvalue weighted by Gasteiger charge is 2.16. The summed E-state index contributed by atoms with van der Waals surface area (Å²) in [6.45, 7) is 7.91. The van der Waals surface area contributed by atoms with Crippen LogP contribution in [-0.2, 0) is 0 Å². The van der Waals surface area contributed by atoms with E-state index in [-0.39, 0.29) is 30.1 Å². The third-order valence-corrected chi connectivity index (χ3v) is 4.06. The lowest BCUT2D eigenvalue weighted by molar-refractivity contribution is 0.228. The fraction of sp³-hybridized carbons (Fsp3) is 0.562. The Bertz CT molecular complexity index is 478. The van der Waals surface area contributed by atoms with Crippen molar-refractivity contribution >= 4 is 45.9 Å². The quantitative estimate of drug-likeness (QED) is 0.393. The van der Waals surface area contributed by atoms with Crippen LogP contribution in [0.15, 0.2) is 33.7 Å². The van der Waals surface area contributed by atoms with E-state index in [1.165, 1.54) is 12.8 Å². The molecule has 0 saturated carbocycles. The second-order valence-corrected chi connectivity index (χ2v) is 6.10. The summed E-state index contributed by atoms with van der Waals surface area (Å²) in [5, 5.41) is 3.37. The second kappa shape index (κ2) is 10.3. The van der Waals surface area contributed by atoms with Crippen LogP contribution in [-0.4, -0.2) is 43.1 Å². The van der Waals surface area contributed by atoms with Crippen LogP contribution in [0.5, 0.6) is 5.75 Å². The van der Waals surface area contributed by atoms with Gasteiger partial charge in [-0.15, -0.1) is 24.0 Å². The van der Waals surface area contributed by atoms with Crippen molar-refractivity contribution in [2.75, 3.05) is 26.2 Å². The van der Waals surface area contributed by atoms with Crippen molar-refractivity contribution in [1.82, 2.24) is 10.2 Å². The zero-order valence-corrected chi connectivity index (χ0v) is 17.1. The van der Waals surface area contributed by atoms with Gasteiger partial charge in [-0.05, 0) is 54.8 Å². The van der Waals surface area contributed by atoms with Gasteiger partial charge in [0.1, 0.15) is 11.9 Å². The first-order valence-corrected chi connectivity index (χ1v) is 8.44. The third kappa shape index (κ3) is 5.95. The molecule has 4 nitrogen and oxygen atoms in total. The summed E-state index contributed by atoms with van der Waals surface area (Å²) in [4.78, 5) is 7.04. The number of hydrogen-bond acceptors (Lipinski definition) is 2. The Kier molecular flexibility index (Phi) is 9.16. The molecule has 1 unspecified atom stereocenters. The minimum absolute atomic E-state index is 0. The van der Waals surface area contributed by atoms with Crippen LogP contribution in [0.2, 0.25) is 0 Å². The summed E-state index contributed by atoms with van der Waals surface area (Å²) < 4.78 is 6.92. The van der Waals surface area contributed by atoms with Crippen molar-refractivity contribution in [2.24, 2.45) is 4.99 Å². The lowest BCUT2D eigenvalue weighted by atomic mass is 10.3. The number of rotatable bonds is 5. The van der Waals surface area contributed by atoms with E-state index >= 15 is 0 Å². The smallest absolute Gasteiger partial charge is 0.194 e. The third-order valence-electron chi connectivity index (χ3n) is 3.40. The molecule has 0 aromatic heterocycles. The van der Waals surface area contributed by atoms with Crippen LogP contribution in [0.4, 0.5) is 0 Å². The fourth-order valence-corrected chi connectivity index (χ4v) is 2.74. The maximum Gasteiger partial charge on any atom is 0.194 e. The summed E-state index contributed by atoms with van der Waals surface area (Å²) in [6.07, 6.45) is 2.56. The van der Waals surface area contributed by atoms with Gasteiger partial charge in [0.2, 0.25) is 0 Å². The minimum atomic E-state index is 0. The van der Waals surface area contributed by atoms with E-state index in [0.717, 1.165) is 35.8 Å². The lowest BCUT2D eigenvalue weighted by Gasteiger charge is -2.21. The first kappa shape index (κ1) is 19.5. The summed E-state index contributed by atoms with van der Waals surface area (Å²) in [7, 11) is 0. The van der Waals surface area contributed by atoms with Crippen molar-refractivity contribution in [3.8, 4) is 5.75 Å². The normalized spacial score (nSPS) is 16.1. The Balaban J connectivity index is 0.00000242. The number of likely N-dealkylation sites (tertiary alicyclic amines) is 1. The molecule has 0 radical (unpaired) electrons. The molecule has 0 aliphatic carbocycles. The average Bonchev–Trinajstić information content (AvgIpc) is 3.00. The number of nitrogens with one attached hydrogen (secondary N) is 1. The van der Waals surface area contributed by atoms with Gasteiger partial charge in [0.25, 0.3) is 0 Å². The standard InChI is InChI=1S/C16H24BrN3O.HI/c1-3-18-16(20-10-6-7-11-20)19-12-13(2)21-15-9-5-4-8-14(15)17;/h4-5,8-9,13H,3,6-7,10-12H2,1-2H3,(H,18,19);1H. The molecule has 1 aromatic rings. The SMILES string of the molecule is CCNC(=NCC(C)Oc1ccccc1Br)N1CCCC1.I. The first-order chi connectivity index (χ1) is 10.2. The zero-order chi connectivity index (χ0) is 15.1. The van der Waals surface area contributed by atoms with Gasteiger partial charge < -0.3 is 15.0 Å². The highest BCUT2D eigenvalue weighted by atomic mass is 127. The number of hydrogen-bond donors (Lipinski definition) is 1.